The van der Waals surface area contributed by atoms with Crippen molar-refractivity contribution in [2.45, 2.75) is 37.7 Å². The van der Waals surface area contributed by atoms with Crippen LogP contribution in [0.4, 0.5) is 11.6 Å². The summed E-state index contributed by atoms with van der Waals surface area (Å²) in [5, 5.41) is 21.6. The molecule has 5 rings (SSSR count). The zero-order valence-electron chi connectivity index (χ0n) is 21.6. The molecule has 9 heteroatoms. The summed E-state index contributed by atoms with van der Waals surface area (Å²) >= 11 is 1.55. The van der Waals surface area contributed by atoms with Gasteiger partial charge in [-0.2, -0.15) is 4.98 Å². The van der Waals surface area contributed by atoms with Crippen molar-refractivity contribution in [3.8, 4) is 11.5 Å². The van der Waals surface area contributed by atoms with Gasteiger partial charge in [-0.15, -0.1) is 5.10 Å². The summed E-state index contributed by atoms with van der Waals surface area (Å²) in [4.78, 5) is 18.3. The number of benzene rings is 3. The van der Waals surface area contributed by atoms with Crippen LogP contribution in [0.15, 0.2) is 83.2 Å². The number of rotatable bonds is 7. The van der Waals surface area contributed by atoms with Crippen LogP contribution in [0.3, 0.4) is 0 Å². The van der Waals surface area contributed by atoms with Gasteiger partial charge in [0, 0.05) is 17.1 Å². The van der Waals surface area contributed by atoms with Crippen LogP contribution in [0, 0.1) is 13.8 Å². The Hall–Kier alpha value is -4.24. The molecule has 0 saturated carbocycles. The third-order valence-corrected chi connectivity index (χ3v) is 7.38. The summed E-state index contributed by atoms with van der Waals surface area (Å²) in [5.74, 6) is 1.89. The van der Waals surface area contributed by atoms with E-state index in [4.69, 9.17) is 14.8 Å². The van der Waals surface area contributed by atoms with Crippen molar-refractivity contribution in [1.82, 2.24) is 14.8 Å². The fraction of sp³-hybridized carbons (Fsp3) is 0.207. The first-order chi connectivity index (χ1) is 18.3. The van der Waals surface area contributed by atoms with Gasteiger partial charge >= 0.3 is 0 Å². The van der Waals surface area contributed by atoms with Gasteiger partial charge in [-0.1, -0.05) is 47.7 Å². The van der Waals surface area contributed by atoms with Crippen LogP contribution in [-0.2, 0) is 10.5 Å². The number of phenolic OH excluding ortho intramolecular Hbond substituents is 1. The van der Waals surface area contributed by atoms with Crippen molar-refractivity contribution < 1.29 is 14.6 Å². The normalized spacial score (nSPS) is 14.6. The summed E-state index contributed by atoms with van der Waals surface area (Å²) < 4.78 is 6.96. The Morgan fingerprint density at radius 1 is 1.08 bits per heavy atom. The molecule has 1 atom stereocenters. The SMILES string of the molecule is COc1ccc(NC(=O)C2=C(C)Nc3nc(SCc4ccc(C)cc4C)nn3[C@@H]2c2ccc(O)cc2)cc1. The number of carbonyl (C=O) groups excluding carboxylic acids is 1. The average Bonchev–Trinajstić information content (AvgIpc) is 3.30. The van der Waals surface area contributed by atoms with Crippen molar-refractivity contribution >= 4 is 29.3 Å². The van der Waals surface area contributed by atoms with E-state index < -0.39 is 6.04 Å². The zero-order chi connectivity index (χ0) is 26.8. The molecule has 3 aromatic carbocycles. The standard InChI is InChI=1S/C29H29N5O3S/c1-17-5-6-21(18(2)15-17)16-38-29-32-28-30-19(3)25(27(36)31-22-9-13-24(37-4)14-10-22)26(34(28)33-29)20-7-11-23(35)12-8-20/h5-15,26,35H,16H2,1-4H3,(H,31,36)(H,30,32,33)/t26-/m1/s1. The largest absolute Gasteiger partial charge is 0.508 e. The van der Waals surface area contributed by atoms with Crippen molar-refractivity contribution in [1.29, 1.82) is 0 Å². The third-order valence-electron chi connectivity index (χ3n) is 6.49. The average molecular weight is 528 g/mol. The van der Waals surface area contributed by atoms with Gasteiger partial charge < -0.3 is 20.5 Å². The minimum Gasteiger partial charge on any atom is -0.508 e. The third kappa shape index (κ3) is 5.24. The van der Waals surface area contributed by atoms with Gasteiger partial charge in [0.1, 0.15) is 17.5 Å². The molecule has 8 nitrogen and oxygen atoms in total. The van der Waals surface area contributed by atoms with Crippen LogP contribution in [0.25, 0.3) is 0 Å². The molecule has 4 aromatic rings. The number of aromatic hydroxyl groups is 1. The number of hydrogen-bond acceptors (Lipinski definition) is 7. The number of aromatic nitrogens is 3. The molecular formula is C29H29N5O3S. The van der Waals surface area contributed by atoms with E-state index in [0.717, 1.165) is 11.3 Å². The van der Waals surface area contributed by atoms with Crippen LogP contribution in [0.1, 0.15) is 35.2 Å². The zero-order valence-corrected chi connectivity index (χ0v) is 22.5. The lowest BCUT2D eigenvalue weighted by Gasteiger charge is -2.28. The van der Waals surface area contributed by atoms with Gasteiger partial charge in [-0.25, -0.2) is 4.68 Å². The van der Waals surface area contributed by atoms with E-state index in [-0.39, 0.29) is 11.7 Å². The summed E-state index contributed by atoms with van der Waals surface area (Å²) in [6.45, 7) is 6.05. The summed E-state index contributed by atoms with van der Waals surface area (Å²) in [7, 11) is 1.60. The maximum absolute atomic E-state index is 13.6. The lowest BCUT2D eigenvalue weighted by atomic mass is 9.95. The van der Waals surface area contributed by atoms with Crippen LogP contribution >= 0.6 is 11.8 Å². The van der Waals surface area contributed by atoms with Gasteiger partial charge in [0.05, 0.1) is 12.7 Å². The maximum Gasteiger partial charge on any atom is 0.255 e. The van der Waals surface area contributed by atoms with Gasteiger partial charge in [-0.05, 0) is 73.9 Å². The first-order valence-electron chi connectivity index (χ1n) is 12.2. The second-order valence-corrected chi connectivity index (χ2v) is 10.2. The van der Waals surface area contributed by atoms with Crippen molar-refractivity contribution in [3.05, 3.63) is 100 Å². The second-order valence-electron chi connectivity index (χ2n) is 9.22. The van der Waals surface area contributed by atoms with E-state index in [9.17, 15) is 9.90 Å². The van der Waals surface area contributed by atoms with E-state index >= 15 is 0 Å². The molecule has 0 unspecified atom stereocenters. The number of anilines is 2. The Kier molecular flexibility index (Phi) is 7.11. The Morgan fingerprint density at radius 3 is 2.50 bits per heavy atom. The highest BCUT2D eigenvalue weighted by atomic mass is 32.2. The second kappa shape index (κ2) is 10.6. The van der Waals surface area contributed by atoms with Gasteiger partial charge in [-0.3, -0.25) is 4.79 Å². The topological polar surface area (TPSA) is 101 Å². The number of ether oxygens (including phenoxy) is 1. The van der Waals surface area contributed by atoms with Crippen molar-refractivity contribution in [2.24, 2.45) is 0 Å². The van der Waals surface area contributed by atoms with Gasteiger partial charge in [0.15, 0.2) is 0 Å². The molecule has 3 N–H and O–H groups in total. The lowest BCUT2D eigenvalue weighted by Crippen LogP contribution is -2.31. The first-order valence-corrected chi connectivity index (χ1v) is 13.2. The molecule has 38 heavy (non-hydrogen) atoms. The van der Waals surface area contributed by atoms with Crippen molar-refractivity contribution in [3.63, 3.8) is 0 Å². The number of hydrogen-bond donors (Lipinski definition) is 3. The highest BCUT2D eigenvalue weighted by Gasteiger charge is 2.34. The molecule has 0 radical (unpaired) electrons. The number of phenols is 1. The van der Waals surface area contributed by atoms with E-state index in [0.29, 0.717) is 33.8 Å². The van der Waals surface area contributed by atoms with Gasteiger partial charge in [0.25, 0.3) is 5.91 Å². The summed E-state index contributed by atoms with van der Waals surface area (Å²) in [6.07, 6.45) is 0. The van der Waals surface area contributed by atoms with Crippen LogP contribution in [-0.4, -0.2) is 32.9 Å². The minimum atomic E-state index is -0.534. The lowest BCUT2D eigenvalue weighted by molar-refractivity contribution is -0.113. The predicted molar refractivity (Wildman–Crippen MR) is 150 cm³/mol. The Labute approximate surface area is 225 Å². The van der Waals surface area contributed by atoms with E-state index in [2.05, 4.69) is 42.7 Å². The number of fused-ring (bicyclic) bond motifs is 1. The quantitative estimate of drug-likeness (QED) is 0.260. The van der Waals surface area contributed by atoms with E-state index in [1.165, 1.54) is 16.7 Å². The number of thioether (sulfide) groups is 1. The molecule has 2 heterocycles. The van der Waals surface area contributed by atoms with Crippen LogP contribution in [0.2, 0.25) is 0 Å². The highest BCUT2D eigenvalue weighted by molar-refractivity contribution is 7.98. The number of carbonyl (C=O) groups is 1. The number of allylic oxidation sites excluding steroid dienone is 1. The Morgan fingerprint density at radius 2 is 1.82 bits per heavy atom. The summed E-state index contributed by atoms with van der Waals surface area (Å²) in [5.41, 5.74) is 6.33. The maximum atomic E-state index is 13.6. The Balaban J connectivity index is 1.46. The highest BCUT2D eigenvalue weighted by Crippen LogP contribution is 2.37. The molecule has 0 saturated heterocycles. The molecule has 0 bridgehead atoms. The molecule has 0 aliphatic carbocycles. The molecule has 0 spiro atoms. The van der Waals surface area contributed by atoms with Crippen molar-refractivity contribution in [2.75, 3.05) is 17.7 Å². The number of aryl methyl sites for hydroxylation is 2. The fourth-order valence-corrected chi connectivity index (χ4v) is 5.38. The number of methoxy groups -OCH3 is 1. The number of amides is 1. The van der Waals surface area contributed by atoms with Crippen LogP contribution in [0.5, 0.6) is 11.5 Å². The molecule has 1 aliphatic rings. The first kappa shape index (κ1) is 25.4. The van der Waals surface area contributed by atoms with E-state index in [1.807, 2.05) is 6.92 Å². The molecule has 1 aromatic heterocycles. The smallest absolute Gasteiger partial charge is 0.255 e. The monoisotopic (exact) mass is 527 g/mol. The fourth-order valence-electron chi connectivity index (χ4n) is 4.47. The molecule has 194 valence electrons. The number of nitrogens with one attached hydrogen (secondary N) is 2. The predicted octanol–water partition coefficient (Wildman–Crippen LogP) is 5.83. The summed E-state index contributed by atoms with van der Waals surface area (Å²) in [6, 6.07) is 19.9. The van der Waals surface area contributed by atoms with E-state index in [1.54, 1.807) is 72.1 Å². The number of nitrogens with zero attached hydrogens (tertiary/aromatic N) is 3. The molecule has 0 fully saturated rings. The minimum absolute atomic E-state index is 0.149. The molecular weight excluding hydrogens is 498 g/mol. The molecule has 1 amide bonds. The molecule has 1 aliphatic heterocycles. The van der Waals surface area contributed by atoms with Crippen LogP contribution < -0.4 is 15.4 Å². The Bertz CT molecular complexity index is 1510. The van der Waals surface area contributed by atoms with Gasteiger partial charge in [0.2, 0.25) is 11.1 Å².